The van der Waals surface area contributed by atoms with Crippen LogP contribution in [-0.2, 0) is 16.6 Å². The van der Waals surface area contributed by atoms with Crippen molar-refractivity contribution < 1.29 is 9.53 Å². The third-order valence-corrected chi connectivity index (χ3v) is 2.90. The fourth-order valence-electron chi connectivity index (χ4n) is 1.94. The monoisotopic (exact) mass is 253 g/mol. The number of carbonyl (C=O) groups is 1. The number of carbonyl (C=O) groups excluding carboxylic acids is 1. The number of morpholine rings is 1. The zero-order chi connectivity index (χ0) is 13.1. The molecule has 7 nitrogen and oxygen atoms in total. The Kier molecular flexibility index (Phi) is 3.71. The maximum atomic E-state index is 12.2. The molecule has 2 rings (SSSR count). The number of nitrogens with one attached hydrogen (secondary N) is 1. The lowest BCUT2D eigenvalue weighted by Gasteiger charge is -2.29. The zero-order valence-corrected chi connectivity index (χ0v) is 10.7. The highest BCUT2D eigenvalue weighted by molar-refractivity contribution is 5.85. The molecule has 1 aliphatic heterocycles. The van der Waals surface area contributed by atoms with Crippen molar-refractivity contribution in [2.24, 2.45) is 7.05 Å². The van der Waals surface area contributed by atoms with Crippen LogP contribution in [0, 0.1) is 0 Å². The van der Waals surface area contributed by atoms with Crippen molar-refractivity contribution in [1.82, 2.24) is 14.7 Å². The van der Waals surface area contributed by atoms with Gasteiger partial charge in [-0.3, -0.25) is 9.48 Å². The van der Waals surface area contributed by atoms with Gasteiger partial charge < -0.3 is 20.7 Å². The lowest BCUT2D eigenvalue weighted by atomic mass is 10.2. The van der Waals surface area contributed by atoms with Crippen molar-refractivity contribution in [3.05, 3.63) is 6.20 Å². The molecule has 0 saturated carbocycles. The largest absolute Gasteiger partial charge is 0.394 e. The number of aryl methyl sites for hydroxylation is 1. The molecule has 18 heavy (non-hydrogen) atoms. The van der Waals surface area contributed by atoms with Crippen LogP contribution >= 0.6 is 0 Å². The van der Waals surface area contributed by atoms with E-state index in [9.17, 15) is 4.79 Å². The Labute approximate surface area is 106 Å². The van der Waals surface area contributed by atoms with Gasteiger partial charge in [-0.2, -0.15) is 5.10 Å². The Hall–Kier alpha value is -1.76. The van der Waals surface area contributed by atoms with Crippen LogP contribution in [0.2, 0.25) is 0 Å². The van der Waals surface area contributed by atoms with Gasteiger partial charge in [-0.25, -0.2) is 0 Å². The van der Waals surface area contributed by atoms with Crippen LogP contribution in [0.4, 0.5) is 11.5 Å². The molecule has 1 amide bonds. The Morgan fingerprint density at radius 3 is 2.78 bits per heavy atom. The van der Waals surface area contributed by atoms with Crippen LogP contribution in [0.5, 0.6) is 0 Å². The average Bonchev–Trinajstić information content (AvgIpc) is 2.68. The number of nitrogens with two attached hydrogens (primary N) is 1. The van der Waals surface area contributed by atoms with Gasteiger partial charge in [-0.1, -0.05) is 0 Å². The molecule has 1 fully saturated rings. The normalized spacial score (nSPS) is 17.6. The number of hydrogen-bond donors (Lipinski definition) is 2. The number of anilines is 2. The third kappa shape index (κ3) is 2.73. The van der Waals surface area contributed by atoms with Crippen LogP contribution in [0.1, 0.15) is 6.92 Å². The topological polar surface area (TPSA) is 85.4 Å². The van der Waals surface area contributed by atoms with Crippen molar-refractivity contribution in [2.75, 3.05) is 37.4 Å². The Balaban J connectivity index is 1.96. The van der Waals surface area contributed by atoms with E-state index in [1.165, 1.54) is 0 Å². The molecule has 1 saturated heterocycles. The van der Waals surface area contributed by atoms with E-state index < -0.39 is 0 Å². The van der Waals surface area contributed by atoms with Gasteiger partial charge in [-0.05, 0) is 6.92 Å². The molecular formula is C11H19N5O2. The van der Waals surface area contributed by atoms with E-state index in [-0.39, 0.29) is 11.9 Å². The van der Waals surface area contributed by atoms with Crippen molar-refractivity contribution >= 4 is 17.4 Å². The minimum Gasteiger partial charge on any atom is -0.394 e. The maximum Gasteiger partial charge on any atom is 0.244 e. The molecule has 1 aliphatic rings. The van der Waals surface area contributed by atoms with Gasteiger partial charge in [0.1, 0.15) is 6.04 Å². The summed E-state index contributed by atoms with van der Waals surface area (Å²) in [5.41, 5.74) is 6.32. The molecule has 1 aromatic heterocycles. The second kappa shape index (κ2) is 5.26. The lowest BCUT2D eigenvalue weighted by molar-refractivity contribution is -0.135. The molecule has 0 spiro atoms. The number of amides is 1. The Morgan fingerprint density at radius 2 is 2.22 bits per heavy atom. The summed E-state index contributed by atoms with van der Waals surface area (Å²) in [5, 5.41) is 7.20. The minimum absolute atomic E-state index is 0.0448. The van der Waals surface area contributed by atoms with E-state index in [2.05, 4.69) is 10.4 Å². The zero-order valence-electron chi connectivity index (χ0n) is 10.7. The Morgan fingerprint density at radius 1 is 1.56 bits per heavy atom. The second-order valence-corrected chi connectivity index (χ2v) is 4.41. The fraction of sp³-hybridized carbons (Fsp3) is 0.636. The van der Waals surface area contributed by atoms with E-state index >= 15 is 0 Å². The van der Waals surface area contributed by atoms with Crippen molar-refractivity contribution in [3.63, 3.8) is 0 Å². The van der Waals surface area contributed by atoms with Crippen molar-refractivity contribution in [3.8, 4) is 0 Å². The smallest absolute Gasteiger partial charge is 0.244 e. The average molecular weight is 253 g/mol. The molecule has 0 aliphatic carbocycles. The fourth-order valence-corrected chi connectivity index (χ4v) is 1.94. The summed E-state index contributed by atoms with van der Waals surface area (Å²) in [6.45, 7) is 4.30. The van der Waals surface area contributed by atoms with Gasteiger partial charge in [0.05, 0.1) is 18.9 Å². The van der Waals surface area contributed by atoms with Crippen LogP contribution < -0.4 is 11.1 Å². The van der Waals surface area contributed by atoms with Crippen molar-refractivity contribution in [1.29, 1.82) is 0 Å². The summed E-state index contributed by atoms with van der Waals surface area (Å²) in [4.78, 5) is 13.9. The molecule has 7 heteroatoms. The van der Waals surface area contributed by atoms with Crippen molar-refractivity contribution in [2.45, 2.75) is 13.0 Å². The van der Waals surface area contributed by atoms with Crippen LogP contribution in [-0.4, -0.2) is 52.9 Å². The first kappa shape index (κ1) is 12.7. The van der Waals surface area contributed by atoms with Gasteiger partial charge in [0.15, 0.2) is 5.82 Å². The van der Waals surface area contributed by atoms with Gasteiger partial charge in [0.2, 0.25) is 5.91 Å². The molecule has 100 valence electrons. The van der Waals surface area contributed by atoms with E-state index in [1.807, 2.05) is 6.92 Å². The molecular weight excluding hydrogens is 234 g/mol. The summed E-state index contributed by atoms with van der Waals surface area (Å²) in [5.74, 6) is 0.593. The maximum absolute atomic E-state index is 12.2. The van der Waals surface area contributed by atoms with Crippen LogP contribution in [0.15, 0.2) is 6.20 Å². The van der Waals surface area contributed by atoms with Gasteiger partial charge in [0.25, 0.3) is 0 Å². The summed E-state index contributed by atoms with van der Waals surface area (Å²) < 4.78 is 6.84. The van der Waals surface area contributed by atoms with Crippen LogP contribution in [0.3, 0.4) is 0 Å². The predicted molar refractivity (Wildman–Crippen MR) is 68.1 cm³/mol. The summed E-state index contributed by atoms with van der Waals surface area (Å²) in [7, 11) is 1.79. The predicted octanol–water partition coefficient (Wildman–Crippen LogP) is -0.338. The molecule has 2 heterocycles. The quantitative estimate of drug-likeness (QED) is 0.770. The summed E-state index contributed by atoms with van der Waals surface area (Å²) in [6.07, 6.45) is 1.70. The van der Waals surface area contributed by atoms with Gasteiger partial charge in [0, 0.05) is 26.3 Å². The van der Waals surface area contributed by atoms with E-state index in [1.54, 1.807) is 22.8 Å². The molecule has 3 N–H and O–H groups in total. The highest BCUT2D eigenvalue weighted by atomic mass is 16.5. The SMILES string of the molecule is CC(Nc1nn(C)cc1N)C(=O)N1CCOCC1. The first-order chi connectivity index (χ1) is 8.58. The molecule has 1 atom stereocenters. The van der Waals surface area contributed by atoms with E-state index in [0.29, 0.717) is 37.8 Å². The number of nitrogens with zero attached hydrogens (tertiary/aromatic N) is 3. The highest BCUT2D eigenvalue weighted by Gasteiger charge is 2.23. The first-order valence-corrected chi connectivity index (χ1v) is 6.00. The molecule has 0 aromatic carbocycles. The van der Waals surface area contributed by atoms with Gasteiger partial charge >= 0.3 is 0 Å². The number of ether oxygens (including phenoxy) is 1. The van der Waals surface area contributed by atoms with E-state index in [0.717, 1.165) is 0 Å². The molecule has 0 radical (unpaired) electrons. The second-order valence-electron chi connectivity index (χ2n) is 4.41. The molecule has 1 unspecified atom stereocenters. The number of aromatic nitrogens is 2. The third-order valence-electron chi connectivity index (χ3n) is 2.90. The minimum atomic E-state index is -0.347. The highest BCUT2D eigenvalue weighted by Crippen LogP contribution is 2.16. The number of hydrogen-bond acceptors (Lipinski definition) is 5. The van der Waals surface area contributed by atoms with Crippen LogP contribution in [0.25, 0.3) is 0 Å². The number of nitrogen functional groups attached to an aromatic ring is 1. The number of rotatable bonds is 3. The summed E-state index contributed by atoms with van der Waals surface area (Å²) >= 11 is 0. The Bertz CT molecular complexity index is 425. The van der Waals surface area contributed by atoms with Gasteiger partial charge in [-0.15, -0.1) is 0 Å². The lowest BCUT2D eigenvalue weighted by Crippen LogP contribution is -2.47. The van der Waals surface area contributed by atoms with E-state index in [4.69, 9.17) is 10.5 Å². The first-order valence-electron chi connectivity index (χ1n) is 6.00. The standard InChI is InChI=1S/C11H19N5O2/c1-8(11(17)16-3-5-18-6-4-16)13-10-9(12)7-15(2)14-10/h7-8H,3-6,12H2,1-2H3,(H,13,14). The summed E-state index contributed by atoms with van der Waals surface area (Å²) in [6, 6.07) is -0.347. The molecule has 0 bridgehead atoms. The molecule has 1 aromatic rings.